The molecule has 0 atom stereocenters. The molecule has 0 aliphatic carbocycles. The maximum absolute atomic E-state index is 13.5. The second kappa shape index (κ2) is 7.27. The zero-order valence-electron chi connectivity index (χ0n) is 10.4. The van der Waals surface area contributed by atoms with E-state index in [0.717, 1.165) is 0 Å². The maximum Gasteiger partial charge on any atom is 0.340 e. The average Bonchev–Trinajstić information content (AvgIpc) is 2.34. The Hall–Kier alpha value is -1.10. The number of halogens is 2. The first-order chi connectivity index (χ1) is 7.99. The van der Waals surface area contributed by atoms with Gasteiger partial charge in [-0.15, -0.1) is 0 Å². The molecule has 3 nitrogen and oxygen atoms in total. The molecule has 0 aromatic heterocycles. The summed E-state index contributed by atoms with van der Waals surface area (Å²) in [6.07, 6.45) is 0. The van der Waals surface area contributed by atoms with E-state index in [2.05, 4.69) is 15.9 Å². The molecule has 0 saturated heterocycles. The van der Waals surface area contributed by atoms with Gasteiger partial charge in [-0.05, 0) is 41.4 Å². The summed E-state index contributed by atoms with van der Waals surface area (Å²) in [5.74, 6) is -1.23. The van der Waals surface area contributed by atoms with Crippen LogP contribution < -0.4 is 5.73 Å². The normalized spacial score (nSPS) is 9.29. The Balaban J connectivity index is 0.00000121. The Morgan fingerprint density at radius 3 is 2.53 bits per heavy atom. The maximum atomic E-state index is 13.5. The molecule has 0 unspecified atom stereocenters. The molecule has 2 N–H and O–H groups in total. The molecule has 0 saturated carbocycles. The van der Waals surface area contributed by atoms with Gasteiger partial charge in [0.2, 0.25) is 0 Å². The van der Waals surface area contributed by atoms with Gasteiger partial charge in [-0.25, -0.2) is 9.18 Å². The molecular weight excluding hydrogens is 289 g/mol. The van der Waals surface area contributed by atoms with Crippen molar-refractivity contribution < 1.29 is 13.9 Å². The summed E-state index contributed by atoms with van der Waals surface area (Å²) in [5, 5.41) is 0. The van der Waals surface area contributed by atoms with Gasteiger partial charge in [0.1, 0.15) is 0 Å². The van der Waals surface area contributed by atoms with Crippen molar-refractivity contribution in [2.75, 3.05) is 12.3 Å². The van der Waals surface area contributed by atoms with Crippen molar-refractivity contribution >= 4 is 27.6 Å². The highest BCUT2D eigenvalue weighted by molar-refractivity contribution is 9.10. The minimum absolute atomic E-state index is 0.0649. The van der Waals surface area contributed by atoms with Gasteiger partial charge in [0.05, 0.1) is 22.3 Å². The van der Waals surface area contributed by atoms with Crippen LogP contribution in [0.5, 0.6) is 0 Å². The first kappa shape index (κ1) is 15.9. The summed E-state index contributed by atoms with van der Waals surface area (Å²) in [6, 6.07) is 1.50. The third kappa shape index (κ3) is 3.70. The van der Waals surface area contributed by atoms with Gasteiger partial charge in [-0.3, -0.25) is 0 Å². The SMILES string of the molecule is CC.CCOC(=O)c1cc(C)c(Br)c(F)c1N. The summed E-state index contributed by atoms with van der Waals surface area (Å²) in [6.45, 7) is 7.58. The third-order valence-electron chi connectivity index (χ3n) is 1.92. The number of carbonyl (C=O) groups is 1. The van der Waals surface area contributed by atoms with Crippen molar-refractivity contribution in [3.63, 3.8) is 0 Å². The van der Waals surface area contributed by atoms with Crippen molar-refractivity contribution in [1.82, 2.24) is 0 Å². The molecule has 0 fully saturated rings. The van der Waals surface area contributed by atoms with Crippen molar-refractivity contribution in [2.45, 2.75) is 27.7 Å². The van der Waals surface area contributed by atoms with E-state index in [1.165, 1.54) is 6.07 Å². The molecule has 17 heavy (non-hydrogen) atoms. The highest BCUT2D eigenvalue weighted by atomic mass is 79.9. The predicted molar refractivity (Wildman–Crippen MR) is 70.6 cm³/mol. The molecule has 1 aromatic rings. The van der Waals surface area contributed by atoms with Crippen molar-refractivity contribution in [2.24, 2.45) is 0 Å². The number of hydrogen-bond donors (Lipinski definition) is 1. The standard InChI is InChI=1S/C10H11BrFNO2.C2H6/c1-3-15-10(14)6-4-5(2)7(11)8(12)9(6)13;1-2/h4H,3,13H2,1-2H3;1-2H3. The number of carbonyl (C=O) groups excluding carboxylic acids is 1. The predicted octanol–water partition coefficient (Wildman–Crippen LogP) is 3.68. The number of nitrogens with two attached hydrogens (primary N) is 1. The fraction of sp³-hybridized carbons (Fsp3) is 0.417. The zero-order valence-corrected chi connectivity index (χ0v) is 12.0. The molecule has 0 radical (unpaired) electrons. The van der Waals surface area contributed by atoms with Crippen LogP contribution in [0.3, 0.4) is 0 Å². The molecule has 96 valence electrons. The van der Waals surface area contributed by atoms with E-state index in [1.807, 2.05) is 13.8 Å². The number of anilines is 1. The van der Waals surface area contributed by atoms with Crippen LogP contribution in [0.2, 0.25) is 0 Å². The summed E-state index contributed by atoms with van der Waals surface area (Å²) in [5.41, 5.74) is 5.96. The van der Waals surface area contributed by atoms with Crippen molar-refractivity contribution in [3.8, 4) is 0 Å². The molecule has 0 aliphatic rings. The Bertz CT molecular complexity index is 408. The first-order valence-electron chi connectivity index (χ1n) is 5.40. The van der Waals surface area contributed by atoms with E-state index < -0.39 is 11.8 Å². The summed E-state index contributed by atoms with van der Waals surface area (Å²) in [4.78, 5) is 11.4. The fourth-order valence-electron chi connectivity index (χ4n) is 1.14. The van der Waals surface area contributed by atoms with Crippen molar-refractivity contribution in [3.05, 3.63) is 27.5 Å². The van der Waals surface area contributed by atoms with Crippen molar-refractivity contribution in [1.29, 1.82) is 0 Å². The molecule has 1 rings (SSSR count). The number of rotatable bonds is 2. The van der Waals surface area contributed by atoms with Gasteiger partial charge < -0.3 is 10.5 Å². The smallest absolute Gasteiger partial charge is 0.340 e. The van der Waals surface area contributed by atoms with Crippen LogP contribution in [0, 0.1) is 12.7 Å². The Labute approximate surface area is 109 Å². The van der Waals surface area contributed by atoms with Crippen LogP contribution >= 0.6 is 15.9 Å². The molecule has 0 bridgehead atoms. The number of hydrogen-bond acceptors (Lipinski definition) is 3. The van der Waals surface area contributed by atoms with E-state index >= 15 is 0 Å². The van der Waals surface area contributed by atoms with Crippen LogP contribution in [0.25, 0.3) is 0 Å². The number of ether oxygens (including phenoxy) is 1. The molecule has 0 spiro atoms. The second-order valence-electron chi connectivity index (χ2n) is 3.00. The Morgan fingerprint density at radius 2 is 2.06 bits per heavy atom. The number of aryl methyl sites for hydroxylation is 1. The molecular formula is C12H17BrFNO2. The summed E-state index contributed by atoms with van der Waals surface area (Å²) >= 11 is 3.05. The van der Waals surface area contributed by atoms with Crippen LogP contribution in [0.1, 0.15) is 36.7 Å². The van der Waals surface area contributed by atoms with Gasteiger partial charge in [0, 0.05) is 0 Å². The van der Waals surface area contributed by atoms with E-state index in [1.54, 1.807) is 13.8 Å². The first-order valence-corrected chi connectivity index (χ1v) is 6.19. The molecule has 0 heterocycles. The van der Waals surface area contributed by atoms with Gasteiger partial charge in [-0.2, -0.15) is 0 Å². The third-order valence-corrected chi connectivity index (χ3v) is 2.90. The lowest BCUT2D eigenvalue weighted by Crippen LogP contribution is -2.10. The minimum Gasteiger partial charge on any atom is -0.462 e. The van der Waals surface area contributed by atoms with E-state index in [4.69, 9.17) is 10.5 Å². The Morgan fingerprint density at radius 1 is 1.53 bits per heavy atom. The lowest BCUT2D eigenvalue weighted by atomic mass is 10.1. The minimum atomic E-state index is -0.627. The second-order valence-corrected chi connectivity index (χ2v) is 3.80. The van der Waals surface area contributed by atoms with Crippen LogP contribution in [-0.2, 0) is 4.74 Å². The zero-order chi connectivity index (χ0) is 13.6. The largest absolute Gasteiger partial charge is 0.462 e. The number of nitrogen functional groups attached to an aromatic ring is 1. The fourth-order valence-corrected chi connectivity index (χ4v) is 1.47. The van der Waals surface area contributed by atoms with Gasteiger partial charge in [0.25, 0.3) is 0 Å². The molecule has 5 heteroatoms. The molecule has 0 amide bonds. The van der Waals surface area contributed by atoms with E-state index in [9.17, 15) is 9.18 Å². The topological polar surface area (TPSA) is 52.3 Å². The monoisotopic (exact) mass is 305 g/mol. The molecule has 1 aromatic carbocycles. The lowest BCUT2D eigenvalue weighted by molar-refractivity contribution is 0.0527. The van der Waals surface area contributed by atoms with E-state index in [0.29, 0.717) is 5.56 Å². The van der Waals surface area contributed by atoms with Crippen LogP contribution in [-0.4, -0.2) is 12.6 Å². The highest BCUT2D eigenvalue weighted by Crippen LogP contribution is 2.28. The van der Waals surface area contributed by atoms with E-state index in [-0.39, 0.29) is 22.3 Å². The highest BCUT2D eigenvalue weighted by Gasteiger charge is 2.18. The quantitative estimate of drug-likeness (QED) is 0.670. The number of esters is 1. The van der Waals surface area contributed by atoms with Gasteiger partial charge >= 0.3 is 5.97 Å². The average molecular weight is 306 g/mol. The van der Waals surface area contributed by atoms with Gasteiger partial charge in [0.15, 0.2) is 5.82 Å². The van der Waals surface area contributed by atoms with Crippen LogP contribution in [0.15, 0.2) is 10.5 Å². The lowest BCUT2D eigenvalue weighted by Gasteiger charge is -2.09. The summed E-state index contributed by atoms with van der Waals surface area (Å²) in [7, 11) is 0. The van der Waals surface area contributed by atoms with Gasteiger partial charge in [-0.1, -0.05) is 13.8 Å². The summed E-state index contributed by atoms with van der Waals surface area (Å²) < 4.78 is 18.5. The van der Waals surface area contributed by atoms with Crippen LogP contribution in [0.4, 0.5) is 10.1 Å². The Kier molecular flexibility index (Phi) is 6.80. The number of benzene rings is 1. The molecule has 0 aliphatic heterocycles.